The second-order valence-electron chi connectivity index (χ2n) is 7.87. The third kappa shape index (κ3) is 6.01. The van der Waals surface area contributed by atoms with Gasteiger partial charge in [0.1, 0.15) is 0 Å². The van der Waals surface area contributed by atoms with Crippen molar-refractivity contribution in [1.29, 1.82) is 0 Å². The number of carbonyl (C=O) groups excluding carboxylic acids is 1. The van der Waals surface area contributed by atoms with Crippen molar-refractivity contribution in [1.82, 2.24) is 20.5 Å². The van der Waals surface area contributed by atoms with Gasteiger partial charge in [0.2, 0.25) is 0 Å². The predicted octanol–water partition coefficient (Wildman–Crippen LogP) is 5.18. The van der Waals surface area contributed by atoms with Crippen LogP contribution in [0.2, 0.25) is 0 Å². The summed E-state index contributed by atoms with van der Waals surface area (Å²) in [7, 11) is 0. The smallest absolute Gasteiger partial charge is 0.251 e. The van der Waals surface area contributed by atoms with E-state index in [1.165, 1.54) is 0 Å². The number of benzene rings is 2. The van der Waals surface area contributed by atoms with Crippen LogP contribution in [0.15, 0.2) is 79.0 Å². The SMILES string of the molecule is CCOC(OCC)c1ccccc1-c1cc(-c2ccccc2C(=O)NCCc2ccccn2)n[nH]1. The average molecular weight is 471 g/mol. The van der Waals surface area contributed by atoms with Crippen molar-refractivity contribution in [3.63, 3.8) is 0 Å². The Morgan fingerprint density at radius 2 is 1.66 bits per heavy atom. The molecule has 4 aromatic rings. The molecule has 7 nitrogen and oxygen atoms in total. The molecule has 0 spiro atoms. The average Bonchev–Trinajstić information content (AvgIpc) is 3.39. The van der Waals surface area contributed by atoms with E-state index in [1.807, 2.05) is 86.6 Å². The summed E-state index contributed by atoms with van der Waals surface area (Å²) in [4.78, 5) is 17.3. The predicted molar refractivity (Wildman–Crippen MR) is 136 cm³/mol. The molecule has 0 unspecified atom stereocenters. The number of nitrogens with one attached hydrogen (secondary N) is 2. The van der Waals surface area contributed by atoms with Gasteiger partial charge in [-0.3, -0.25) is 14.9 Å². The lowest BCUT2D eigenvalue weighted by Gasteiger charge is -2.19. The normalized spacial score (nSPS) is 11.1. The molecule has 0 bridgehead atoms. The molecule has 0 saturated heterocycles. The van der Waals surface area contributed by atoms with Crippen LogP contribution in [0.25, 0.3) is 22.5 Å². The minimum absolute atomic E-state index is 0.144. The van der Waals surface area contributed by atoms with E-state index in [2.05, 4.69) is 20.5 Å². The lowest BCUT2D eigenvalue weighted by atomic mass is 10.0. The van der Waals surface area contributed by atoms with E-state index in [0.717, 1.165) is 28.1 Å². The van der Waals surface area contributed by atoms with E-state index in [-0.39, 0.29) is 5.91 Å². The summed E-state index contributed by atoms with van der Waals surface area (Å²) < 4.78 is 11.7. The topological polar surface area (TPSA) is 89.1 Å². The zero-order valence-corrected chi connectivity index (χ0v) is 20.0. The van der Waals surface area contributed by atoms with Crippen LogP contribution in [0, 0.1) is 0 Å². The largest absolute Gasteiger partial charge is 0.352 e. The Balaban J connectivity index is 1.56. The maximum atomic E-state index is 13.0. The third-order valence-corrected chi connectivity index (χ3v) is 5.56. The summed E-state index contributed by atoms with van der Waals surface area (Å²) in [5, 5.41) is 10.7. The number of hydrogen-bond acceptors (Lipinski definition) is 5. The van der Waals surface area contributed by atoms with Gasteiger partial charge in [-0.15, -0.1) is 0 Å². The van der Waals surface area contributed by atoms with Gasteiger partial charge < -0.3 is 14.8 Å². The maximum Gasteiger partial charge on any atom is 0.251 e. The lowest BCUT2D eigenvalue weighted by Crippen LogP contribution is -2.26. The first kappa shape index (κ1) is 24.3. The van der Waals surface area contributed by atoms with Crippen LogP contribution in [0.3, 0.4) is 0 Å². The number of nitrogens with zero attached hydrogens (tertiary/aromatic N) is 2. The van der Waals surface area contributed by atoms with E-state index >= 15 is 0 Å². The van der Waals surface area contributed by atoms with Crippen molar-refractivity contribution in [2.24, 2.45) is 0 Å². The summed E-state index contributed by atoms with van der Waals surface area (Å²) >= 11 is 0. The Bertz CT molecular complexity index is 1230. The molecule has 0 fully saturated rings. The van der Waals surface area contributed by atoms with Gasteiger partial charge in [0.05, 0.1) is 11.4 Å². The standard InChI is InChI=1S/C28H30N4O3/c1-3-34-28(35-4-2)24-15-8-6-13-22(24)26-19-25(31-32-26)21-12-5-7-14-23(21)27(33)30-18-16-20-11-9-10-17-29-20/h5-15,17,19,28H,3-4,16,18H2,1-2H3,(H,30,33)(H,31,32). The highest BCUT2D eigenvalue weighted by atomic mass is 16.7. The van der Waals surface area contributed by atoms with Crippen molar-refractivity contribution < 1.29 is 14.3 Å². The van der Waals surface area contributed by atoms with Crippen LogP contribution in [-0.2, 0) is 15.9 Å². The Morgan fingerprint density at radius 1 is 0.943 bits per heavy atom. The molecule has 35 heavy (non-hydrogen) atoms. The molecule has 4 rings (SSSR count). The quantitative estimate of drug-likeness (QED) is 0.295. The second kappa shape index (κ2) is 12.1. The van der Waals surface area contributed by atoms with Crippen molar-refractivity contribution >= 4 is 5.91 Å². The Morgan fingerprint density at radius 3 is 2.40 bits per heavy atom. The van der Waals surface area contributed by atoms with Crippen molar-refractivity contribution in [3.8, 4) is 22.5 Å². The molecule has 2 aromatic heterocycles. The van der Waals surface area contributed by atoms with Gasteiger partial charge in [-0.05, 0) is 38.1 Å². The van der Waals surface area contributed by atoms with E-state index < -0.39 is 6.29 Å². The van der Waals surface area contributed by atoms with Gasteiger partial charge in [-0.2, -0.15) is 5.10 Å². The molecule has 180 valence electrons. The number of amides is 1. The van der Waals surface area contributed by atoms with Crippen LogP contribution >= 0.6 is 0 Å². The molecule has 0 radical (unpaired) electrons. The molecule has 2 N–H and O–H groups in total. The van der Waals surface area contributed by atoms with Crippen LogP contribution in [0.1, 0.15) is 41.8 Å². The van der Waals surface area contributed by atoms with Gasteiger partial charge in [-0.25, -0.2) is 0 Å². The molecular weight excluding hydrogens is 440 g/mol. The molecule has 2 aromatic carbocycles. The van der Waals surface area contributed by atoms with Gasteiger partial charge in [0, 0.05) is 60.3 Å². The molecule has 1 amide bonds. The number of pyridine rings is 1. The number of hydrogen-bond donors (Lipinski definition) is 2. The minimum Gasteiger partial charge on any atom is -0.352 e. The highest BCUT2D eigenvalue weighted by Gasteiger charge is 2.19. The Labute approximate surface area is 205 Å². The van der Waals surface area contributed by atoms with Crippen LogP contribution < -0.4 is 5.32 Å². The zero-order chi connectivity index (χ0) is 24.5. The van der Waals surface area contributed by atoms with Gasteiger partial charge in [0.15, 0.2) is 6.29 Å². The van der Waals surface area contributed by atoms with Crippen molar-refractivity contribution in [3.05, 3.63) is 95.8 Å². The molecule has 0 aliphatic rings. The summed E-state index contributed by atoms with van der Waals surface area (Å²) in [5.74, 6) is -0.144. The molecule has 7 heteroatoms. The fourth-order valence-corrected chi connectivity index (χ4v) is 3.93. The fraction of sp³-hybridized carbons (Fsp3) is 0.250. The van der Waals surface area contributed by atoms with Crippen molar-refractivity contribution in [2.45, 2.75) is 26.6 Å². The Kier molecular flexibility index (Phi) is 8.38. The second-order valence-corrected chi connectivity index (χ2v) is 7.87. The lowest BCUT2D eigenvalue weighted by molar-refractivity contribution is -0.139. The molecular formula is C28H30N4O3. The van der Waals surface area contributed by atoms with Gasteiger partial charge in [-0.1, -0.05) is 48.5 Å². The monoisotopic (exact) mass is 470 g/mol. The Hall–Kier alpha value is -3.81. The van der Waals surface area contributed by atoms with Crippen LogP contribution in [0.4, 0.5) is 0 Å². The summed E-state index contributed by atoms with van der Waals surface area (Å²) in [6.45, 7) is 5.47. The molecule has 0 saturated carbocycles. The molecule has 2 heterocycles. The zero-order valence-electron chi connectivity index (χ0n) is 20.0. The number of rotatable bonds is 11. The molecule has 0 aliphatic carbocycles. The highest BCUT2D eigenvalue weighted by Crippen LogP contribution is 2.32. The summed E-state index contributed by atoms with van der Waals surface area (Å²) in [5.41, 5.74) is 5.65. The van der Waals surface area contributed by atoms with E-state index in [0.29, 0.717) is 37.4 Å². The third-order valence-electron chi connectivity index (χ3n) is 5.56. The maximum absolute atomic E-state index is 13.0. The van der Waals surface area contributed by atoms with E-state index in [4.69, 9.17) is 9.47 Å². The first-order valence-electron chi connectivity index (χ1n) is 11.9. The van der Waals surface area contributed by atoms with Crippen molar-refractivity contribution in [2.75, 3.05) is 19.8 Å². The van der Waals surface area contributed by atoms with Crippen LogP contribution in [0.5, 0.6) is 0 Å². The minimum atomic E-state index is -0.467. The summed E-state index contributed by atoms with van der Waals surface area (Å²) in [6, 6.07) is 23.1. The number of H-pyrrole nitrogens is 1. The first-order chi connectivity index (χ1) is 17.2. The van der Waals surface area contributed by atoms with E-state index in [1.54, 1.807) is 6.20 Å². The number of ether oxygens (including phenoxy) is 2. The number of aromatic amines is 1. The molecule has 0 atom stereocenters. The van der Waals surface area contributed by atoms with Gasteiger partial charge >= 0.3 is 0 Å². The fourth-order valence-electron chi connectivity index (χ4n) is 3.93. The highest BCUT2D eigenvalue weighted by molar-refractivity contribution is 6.00. The molecule has 0 aliphatic heterocycles. The van der Waals surface area contributed by atoms with E-state index in [9.17, 15) is 4.79 Å². The first-order valence-corrected chi connectivity index (χ1v) is 11.9. The van der Waals surface area contributed by atoms with Gasteiger partial charge in [0.25, 0.3) is 5.91 Å². The number of aromatic nitrogens is 3. The number of carbonyl (C=O) groups is 1. The summed E-state index contributed by atoms with van der Waals surface area (Å²) in [6.07, 6.45) is 1.95. The van der Waals surface area contributed by atoms with Crippen LogP contribution in [-0.4, -0.2) is 40.8 Å².